The van der Waals surface area contributed by atoms with Crippen molar-refractivity contribution in [2.24, 2.45) is 4.99 Å². The number of rotatable bonds is 2. The van der Waals surface area contributed by atoms with Gasteiger partial charge in [0.15, 0.2) is 5.69 Å². The first kappa shape index (κ1) is 16.9. The first-order chi connectivity index (χ1) is 11.8. The molecule has 6 nitrogen and oxygen atoms in total. The van der Waals surface area contributed by atoms with Crippen LogP contribution in [0.5, 0.6) is 0 Å². The van der Waals surface area contributed by atoms with Gasteiger partial charge in [-0.05, 0) is 24.6 Å². The third kappa shape index (κ3) is 3.05. The number of aryl methyl sites for hydroxylation is 1. The van der Waals surface area contributed by atoms with Crippen LogP contribution in [0.1, 0.15) is 55.0 Å². The molecule has 0 saturated heterocycles. The molecule has 0 fully saturated rings. The maximum absolute atomic E-state index is 12.6. The van der Waals surface area contributed by atoms with Gasteiger partial charge < -0.3 is 5.32 Å². The van der Waals surface area contributed by atoms with Gasteiger partial charge in [0, 0.05) is 12.0 Å². The summed E-state index contributed by atoms with van der Waals surface area (Å²) >= 11 is 0. The van der Waals surface area contributed by atoms with Gasteiger partial charge in [-0.2, -0.15) is 10.4 Å². The van der Waals surface area contributed by atoms with Crippen LogP contribution in [-0.2, 0) is 12.0 Å². The van der Waals surface area contributed by atoms with Gasteiger partial charge in [-0.1, -0.05) is 32.9 Å². The Morgan fingerprint density at radius 3 is 2.52 bits per heavy atom. The summed E-state index contributed by atoms with van der Waals surface area (Å²) in [7, 11) is 0. The van der Waals surface area contributed by atoms with E-state index in [1.807, 2.05) is 19.1 Å². The molecular formula is C19H21N5O. The Kier molecular flexibility index (Phi) is 4.17. The number of benzene rings is 1. The smallest absolute Gasteiger partial charge is 0.272 e. The van der Waals surface area contributed by atoms with Crippen LogP contribution in [0.4, 0.5) is 5.69 Å². The second kappa shape index (κ2) is 6.17. The monoisotopic (exact) mass is 335 g/mol. The highest BCUT2D eigenvalue weighted by Crippen LogP contribution is 2.35. The van der Waals surface area contributed by atoms with Crippen LogP contribution >= 0.6 is 0 Å². The van der Waals surface area contributed by atoms with E-state index in [1.165, 1.54) is 0 Å². The van der Waals surface area contributed by atoms with Crippen LogP contribution < -0.4 is 5.32 Å². The summed E-state index contributed by atoms with van der Waals surface area (Å²) < 4.78 is 1.72. The zero-order chi connectivity index (χ0) is 18.2. The number of nitrogens with one attached hydrogen (secondary N) is 1. The largest absolute Gasteiger partial charge is 0.345 e. The minimum Gasteiger partial charge on any atom is -0.345 e. The third-order valence-corrected chi connectivity index (χ3v) is 4.16. The highest BCUT2D eigenvalue weighted by molar-refractivity contribution is 6.10. The lowest BCUT2D eigenvalue weighted by Gasteiger charge is -2.16. The average molecular weight is 335 g/mol. The number of nitrogens with zero attached hydrogens (tertiary/aromatic N) is 4. The number of amides is 1. The molecule has 0 radical (unpaired) electrons. The lowest BCUT2D eigenvalue weighted by molar-refractivity contribution is 0.0950. The van der Waals surface area contributed by atoms with Crippen molar-refractivity contribution < 1.29 is 4.79 Å². The summed E-state index contributed by atoms with van der Waals surface area (Å²) in [5.74, 6) is -0.160. The Balaban J connectivity index is 2.19. The molecule has 1 aliphatic rings. The number of hydrogen-bond donors (Lipinski definition) is 1. The molecule has 0 aliphatic carbocycles. The Hall–Kier alpha value is -2.94. The topological polar surface area (TPSA) is 83.1 Å². The molecule has 1 N–H and O–H groups in total. The molecule has 0 bridgehead atoms. The number of carbonyl (C=O) groups is 1. The molecule has 1 aromatic heterocycles. The Morgan fingerprint density at radius 2 is 1.96 bits per heavy atom. The molecule has 2 aromatic rings. The van der Waals surface area contributed by atoms with Gasteiger partial charge in [0.1, 0.15) is 5.69 Å². The number of aromatic nitrogens is 2. The van der Waals surface area contributed by atoms with E-state index in [1.54, 1.807) is 16.8 Å². The van der Waals surface area contributed by atoms with Gasteiger partial charge in [-0.15, -0.1) is 0 Å². The molecule has 0 unspecified atom stereocenters. The molecule has 128 valence electrons. The van der Waals surface area contributed by atoms with E-state index in [-0.39, 0.29) is 11.3 Å². The zero-order valence-corrected chi connectivity index (χ0v) is 14.9. The number of fused-ring (bicyclic) bond motifs is 1. The predicted octanol–water partition coefficient (Wildman–Crippen LogP) is 2.94. The summed E-state index contributed by atoms with van der Waals surface area (Å²) in [5, 5.41) is 16.5. The summed E-state index contributed by atoms with van der Waals surface area (Å²) in [6.07, 6.45) is 0. The molecule has 0 saturated carbocycles. The molecule has 6 heteroatoms. The number of nitriles is 1. The van der Waals surface area contributed by atoms with Crippen LogP contribution in [-0.4, -0.2) is 27.9 Å². The second-order valence-electron chi connectivity index (χ2n) is 7.04. The minimum absolute atomic E-state index is 0.160. The standard InChI is InChI=1S/C19H21N5O/c1-5-24-16-15(17(23-24)19(2,3)4)22-14(11-21-18(16)25)13-8-6-12(10-20)7-9-13/h6-9H,5,11H2,1-4H3,(H,21,25). The average Bonchev–Trinajstić information content (AvgIpc) is 2.88. The zero-order valence-electron chi connectivity index (χ0n) is 14.9. The van der Waals surface area contributed by atoms with Gasteiger partial charge in [-0.25, -0.2) is 4.99 Å². The van der Waals surface area contributed by atoms with Crippen molar-refractivity contribution in [2.75, 3.05) is 6.54 Å². The molecule has 1 amide bonds. The Morgan fingerprint density at radius 1 is 1.28 bits per heavy atom. The van der Waals surface area contributed by atoms with Crippen molar-refractivity contribution in [3.05, 3.63) is 46.8 Å². The van der Waals surface area contributed by atoms with Gasteiger partial charge in [0.2, 0.25) is 0 Å². The highest BCUT2D eigenvalue weighted by atomic mass is 16.2. The fourth-order valence-corrected chi connectivity index (χ4v) is 2.84. The fourth-order valence-electron chi connectivity index (χ4n) is 2.84. The van der Waals surface area contributed by atoms with Crippen molar-refractivity contribution in [1.29, 1.82) is 5.26 Å². The Bertz CT molecular complexity index is 892. The van der Waals surface area contributed by atoms with E-state index in [0.29, 0.717) is 30.0 Å². The number of aliphatic imine (C=N–C) groups is 1. The van der Waals surface area contributed by atoms with E-state index in [9.17, 15) is 4.79 Å². The second-order valence-corrected chi connectivity index (χ2v) is 7.04. The Labute approximate surface area is 147 Å². The normalized spacial score (nSPS) is 14.2. The highest BCUT2D eigenvalue weighted by Gasteiger charge is 2.31. The SMILES string of the molecule is CCn1nc(C(C)(C)C)c2c1C(=O)NCC(c1ccc(C#N)cc1)=N2. The lowest BCUT2D eigenvalue weighted by atomic mass is 9.91. The van der Waals surface area contributed by atoms with Crippen LogP contribution in [0.3, 0.4) is 0 Å². The summed E-state index contributed by atoms with van der Waals surface area (Å²) in [4.78, 5) is 17.4. The minimum atomic E-state index is -0.228. The molecular weight excluding hydrogens is 314 g/mol. The molecule has 0 atom stereocenters. The van der Waals surface area contributed by atoms with Crippen molar-refractivity contribution in [1.82, 2.24) is 15.1 Å². The van der Waals surface area contributed by atoms with E-state index < -0.39 is 0 Å². The van der Waals surface area contributed by atoms with Gasteiger partial charge >= 0.3 is 0 Å². The summed E-state index contributed by atoms with van der Waals surface area (Å²) in [6, 6.07) is 9.33. The van der Waals surface area contributed by atoms with Crippen molar-refractivity contribution >= 4 is 17.3 Å². The summed E-state index contributed by atoms with van der Waals surface area (Å²) in [6.45, 7) is 9.10. The van der Waals surface area contributed by atoms with Gasteiger partial charge in [0.25, 0.3) is 5.91 Å². The maximum atomic E-state index is 12.6. The van der Waals surface area contributed by atoms with Crippen LogP contribution in [0, 0.1) is 11.3 Å². The molecule has 3 rings (SSSR count). The predicted molar refractivity (Wildman–Crippen MR) is 96.3 cm³/mol. The number of hydrogen-bond acceptors (Lipinski definition) is 4. The molecule has 25 heavy (non-hydrogen) atoms. The van der Waals surface area contributed by atoms with Gasteiger partial charge in [0.05, 0.1) is 29.6 Å². The first-order valence-corrected chi connectivity index (χ1v) is 8.32. The van der Waals surface area contributed by atoms with Crippen molar-refractivity contribution in [2.45, 2.75) is 39.7 Å². The third-order valence-electron chi connectivity index (χ3n) is 4.16. The molecule has 2 heterocycles. The van der Waals surface area contributed by atoms with Crippen molar-refractivity contribution in [3.63, 3.8) is 0 Å². The number of carbonyl (C=O) groups excluding carboxylic acids is 1. The fraction of sp³-hybridized carbons (Fsp3) is 0.368. The maximum Gasteiger partial charge on any atom is 0.272 e. The molecule has 1 aromatic carbocycles. The van der Waals surface area contributed by atoms with Crippen LogP contribution in [0.25, 0.3) is 0 Å². The van der Waals surface area contributed by atoms with Crippen molar-refractivity contribution in [3.8, 4) is 6.07 Å². The quantitative estimate of drug-likeness (QED) is 0.916. The van der Waals surface area contributed by atoms with Gasteiger partial charge in [-0.3, -0.25) is 9.48 Å². The lowest BCUT2D eigenvalue weighted by Crippen LogP contribution is -2.29. The van der Waals surface area contributed by atoms with E-state index in [0.717, 1.165) is 17.0 Å². The van der Waals surface area contributed by atoms with Crippen LogP contribution in [0.2, 0.25) is 0 Å². The van der Waals surface area contributed by atoms with E-state index in [4.69, 9.17) is 10.3 Å². The first-order valence-electron chi connectivity index (χ1n) is 8.32. The van der Waals surface area contributed by atoms with E-state index >= 15 is 0 Å². The summed E-state index contributed by atoms with van der Waals surface area (Å²) in [5.41, 5.74) is 3.98. The van der Waals surface area contributed by atoms with Crippen LogP contribution in [0.15, 0.2) is 29.3 Å². The molecule has 1 aliphatic heterocycles. The molecule has 0 spiro atoms. The van der Waals surface area contributed by atoms with E-state index in [2.05, 4.69) is 37.3 Å².